The van der Waals surface area contributed by atoms with Gasteiger partial charge in [0.1, 0.15) is 11.5 Å². The van der Waals surface area contributed by atoms with Gasteiger partial charge in [-0.15, -0.1) is 0 Å². The summed E-state index contributed by atoms with van der Waals surface area (Å²) in [6, 6.07) is 13.6. The van der Waals surface area contributed by atoms with Gasteiger partial charge in [-0.05, 0) is 42.0 Å². The lowest BCUT2D eigenvalue weighted by Crippen LogP contribution is -2.12. The van der Waals surface area contributed by atoms with Crippen molar-refractivity contribution in [1.29, 1.82) is 0 Å². The minimum atomic E-state index is -0.408. The highest BCUT2D eigenvalue weighted by Gasteiger charge is 2.13. The van der Waals surface area contributed by atoms with E-state index in [0.717, 1.165) is 27.5 Å². The molecule has 2 N–H and O–H groups in total. The van der Waals surface area contributed by atoms with Gasteiger partial charge in [0.05, 0.1) is 22.9 Å². The molecule has 7 heteroatoms. The van der Waals surface area contributed by atoms with Crippen LogP contribution in [0.25, 0.3) is 33.2 Å². The van der Waals surface area contributed by atoms with E-state index in [1.807, 2.05) is 29.9 Å². The van der Waals surface area contributed by atoms with Gasteiger partial charge in [0, 0.05) is 36.1 Å². The Labute approximate surface area is 165 Å². The van der Waals surface area contributed by atoms with Crippen LogP contribution in [0.2, 0.25) is 0 Å². The molecule has 0 aliphatic carbocycles. The number of rotatable bonds is 3. The number of fused-ring (bicyclic) bond motifs is 2. The number of carbonyl (C=O) groups is 1. The minimum absolute atomic E-state index is 0.348. The Kier molecular flexibility index (Phi) is 3.87. The fraction of sp³-hybridized carbons (Fsp3) is 0.0455. The molecule has 0 unspecified atom stereocenters. The van der Waals surface area contributed by atoms with Gasteiger partial charge in [0.25, 0.3) is 5.91 Å². The number of benzene rings is 2. The summed E-state index contributed by atoms with van der Waals surface area (Å²) >= 11 is 0. The van der Waals surface area contributed by atoms with Gasteiger partial charge < -0.3 is 14.9 Å². The molecule has 0 saturated carbocycles. The van der Waals surface area contributed by atoms with Crippen LogP contribution in [0.15, 0.2) is 67.3 Å². The van der Waals surface area contributed by atoms with E-state index in [2.05, 4.69) is 26.3 Å². The zero-order chi connectivity index (χ0) is 20.0. The lowest BCUT2D eigenvalue weighted by Gasteiger charge is -2.06. The topological polar surface area (TPSA) is 75.6 Å². The number of hydrogen-bond donors (Lipinski definition) is 2. The SMILES string of the molecule is Cn1cnc2ccc(-c3c[nH]c4ncc(C(=O)Nc5cccc(F)c5)cc34)cc21. The number of aryl methyl sites for hydroxylation is 1. The molecule has 0 spiro atoms. The lowest BCUT2D eigenvalue weighted by atomic mass is 10.0. The first-order valence-corrected chi connectivity index (χ1v) is 9.04. The number of carbonyl (C=O) groups excluding carboxylic acids is 1. The van der Waals surface area contributed by atoms with E-state index in [1.165, 1.54) is 18.3 Å². The third kappa shape index (κ3) is 3.02. The number of imidazole rings is 1. The quantitative estimate of drug-likeness (QED) is 0.480. The van der Waals surface area contributed by atoms with Crippen LogP contribution < -0.4 is 5.32 Å². The first-order valence-electron chi connectivity index (χ1n) is 9.04. The molecule has 0 aliphatic rings. The second kappa shape index (κ2) is 6.56. The number of nitrogens with zero attached hydrogens (tertiary/aromatic N) is 3. The van der Waals surface area contributed by atoms with Crippen LogP contribution in [0, 0.1) is 5.82 Å². The predicted molar refractivity (Wildman–Crippen MR) is 110 cm³/mol. The Morgan fingerprint density at radius 3 is 2.90 bits per heavy atom. The molecule has 0 bridgehead atoms. The summed E-state index contributed by atoms with van der Waals surface area (Å²) < 4.78 is 15.3. The Balaban J connectivity index is 1.54. The van der Waals surface area contributed by atoms with Gasteiger partial charge >= 0.3 is 0 Å². The second-order valence-electron chi connectivity index (χ2n) is 6.85. The van der Waals surface area contributed by atoms with Gasteiger partial charge in [0.15, 0.2) is 0 Å². The fourth-order valence-electron chi connectivity index (χ4n) is 3.43. The van der Waals surface area contributed by atoms with Crippen LogP contribution in [-0.2, 0) is 7.05 Å². The van der Waals surface area contributed by atoms with E-state index in [1.54, 1.807) is 24.5 Å². The van der Waals surface area contributed by atoms with E-state index in [9.17, 15) is 9.18 Å². The summed E-state index contributed by atoms with van der Waals surface area (Å²) in [5.41, 5.74) is 5.35. The van der Waals surface area contributed by atoms with Gasteiger partial charge in [0.2, 0.25) is 0 Å². The number of nitrogens with one attached hydrogen (secondary N) is 2. The minimum Gasteiger partial charge on any atom is -0.346 e. The Bertz CT molecular complexity index is 1380. The Morgan fingerprint density at radius 1 is 1.14 bits per heavy atom. The predicted octanol–water partition coefficient (Wildman–Crippen LogP) is 4.51. The largest absolute Gasteiger partial charge is 0.346 e. The van der Waals surface area contributed by atoms with Crippen molar-refractivity contribution < 1.29 is 9.18 Å². The van der Waals surface area contributed by atoms with Crippen LogP contribution >= 0.6 is 0 Å². The molecule has 3 heterocycles. The molecule has 142 valence electrons. The molecule has 0 aliphatic heterocycles. The zero-order valence-corrected chi connectivity index (χ0v) is 15.5. The van der Waals surface area contributed by atoms with Crippen molar-refractivity contribution in [1.82, 2.24) is 19.5 Å². The number of H-pyrrole nitrogens is 1. The smallest absolute Gasteiger partial charge is 0.257 e. The Hall–Kier alpha value is -4.00. The number of anilines is 1. The molecule has 0 atom stereocenters. The summed E-state index contributed by atoms with van der Waals surface area (Å²) in [4.78, 5) is 24.5. The molecule has 2 aromatic carbocycles. The normalized spacial score (nSPS) is 11.2. The molecule has 6 nitrogen and oxygen atoms in total. The van der Waals surface area contributed by atoms with E-state index >= 15 is 0 Å². The summed E-state index contributed by atoms with van der Waals surface area (Å²) in [6.45, 7) is 0. The van der Waals surface area contributed by atoms with Crippen molar-refractivity contribution >= 4 is 33.7 Å². The average Bonchev–Trinajstić information content (AvgIpc) is 3.31. The Morgan fingerprint density at radius 2 is 2.03 bits per heavy atom. The molecule has 5 aromatic rings. The fourth-order valence-corrected chi connectivity index (χ4v) is 3.43. The summed E-state index contributed by atoms with van der Waals surface area (Å²) in [6.07, 6.45) is 5.16. The van der Waals surface area contributed by atoms with Crippen LogP contribution in [0.5, 0.6) is 0 Å². The third-order valence-corrected chi connectivity index (χ3v) is 4.91. The number of hydrogen-bond acceptors (Lipinski definition) is 3. The molecular weight excluding hydrogens is 369 g/mol. The van der Waals surface area contributed by atoms with Gasteiger partial charge in [-0.3, -0.25) is 4.79 Å². The van der Waals surface area contributed by atoms with Crippen LogP contribution in [0.3, 0.4) is 0 Å². The molecular formula is C22H16FN5O. The van der Waals surface area contributed by atoms with E-state index in [0.29, 0.717) is 16.9 Å². The van der Waals surface area contributed by atoms with Gasteiger partial charge in [-0.1, -0.05) is 12.1 Å². The molecule has 0 saturated heterocycles. The maximum Gasteiger partial charge on any atom is 0.257 e. The van der Waals surface area contributed by atoms with E-state index in [-0.39, 0.29) is 5.91 Å². The number of pyridine rings is 1. The standard InChI is InChI=1S/C22H16FN5O/c1-28-12-26-19-6-5-13(8-20(19)28)18-11-25-21-17(18)7-14(10-24-21)22(29)27-16-4-2-3-15(23)9-16/h2-12H,1H3,(H,24,25)(H,27,29). The van der Waals surface area contributed by atoms with Crippen molar-refractivity contribution in [2.24, 2.45) is 7.05 Å². The van der Waals surface area contributed by atoms with Crippen LogP contribution in [-0.4, -0.2) is 25.4 Å². The molecule has 0 fully saturated rings. The number of aromatic amines is 1. The first kappa shape index (κ1) is 17.1. The first-order chi connectivity index (χ1) is 14.1. The number of aromatic nitrogens is 4. The third-order valence-electron chi connectivity index (χ3n) is 4.91. The molecule has 0 radical (unpaired) electrons. The van der Waals surface area contributed by atoms with Crippen molar-refractivity contribution in [2.45, 2.75) is 0 Å². The lowest BCUT2D eigenvalue weighted by molar-refractivity contribution is 0.102. The van der Waals surface area contributed by atoms with E-state index < -0.39 is 5.82 Å². The number of amides is 1. The van der Waals surface area contributed by atoms with Gasteiger partial charge in [-0.25, -0.2) is 14.4 Å². The van der Waals surface area contributed by atoms with Crippen molar-refractivity contribution in [3.05, 3.63) is 78.6 Å². The summed E-state index contributed by atoms with van der Waals surface area (Å²) in [5, 5.41) is 3.53. The molecule has 5 rings (SSSR count). The monoisotopic (exact) mass is 385 g/mol. The van der Waals surface area contributed by atoms with Crippen molar-refractivity contribution in [3.63, 3.8) is 0 Å². The van der Waals surface area contributed by atoms with Crippen LogP contribution in [0.4, 0.5) is 10.1 Å². The summed E-state index contributed by atoms with van der Waals surface area (Å²) in [7, 11) is 1.95. The highest BCUT2D eigenvalue weighted by atomic mass is 19.1. The maximum absolute atomic E-state index is 13.4. The molecule has 3 aromatic heterocycles. The van der Waals surface area contributed by atoms with E-state index in [4.69, 9.17) is 0 Å². The van der Waals surface area contributed by atoms with Crippen molar-refractivity contribution in [3.8, 4) is 11.1 Å². The second-order valence-corrected chi connectivity index (χ2v) is 6.85. The summed E-state index contributed by atoms with van der Waals surface area (Å²) in [5.74, 6) is -0.755. The zero-order valence-electron chi connectivity index (χ0n) is 15.5. The van der Waals surface area contributed by atoms with Crippen LogP contribution in [0.1, 0.15) is 10.4 Å². The maximum atomic E-state index is 13.4. The highest BCUT2D eigenvalue weighted by molar-refractivity contribution is 6.07. The van der Waals surface area contributed by atoms with Gasteiger partial charge in [-0.2, -0.15) is 0 Å². The average molecular weight is 385 g/mol. The number of halogens is 1. The highest BCUT2D eigenvalue weighted by Crippen LogP contribution is 2.30. The molecule has 1 amide bonds. The molecule has 29 heavy (non-hydrogen) atoms. The van der Waals surface area contributed by atoms with Crippen molar-refractivity contribution in [2.75, 3.05) is 5.32 Å².